The summed E-state index contributed by atoms with van der Waals surface area (Å²) in [6.45, 7) is 0.449. The zero-order valence-electron chi connectivity index (χ0n) is 12.3. The highest BCUT2D eigenvalue weighted by molar-refractivity contribution is 5.67. The van der Waals surface area contributed by atoms with Crippen molar-refractivity contribution in [3.05, 3.63) is 71.3 Å². The lowest BCUT2D eigenvalue weighted by atomic mass is 10.2. The highest BCUT2D eigenvalue weighted by Crippen LogP contribution is 2.07. The molecule has 3 nitrogen and oxygen atoms in total. The number of rotatable bonds is 4. The van der Waals surface area contributed by atoms with Crippen LogP contribution < -0.4 is 5.32 Å². The molecule has 0 saturated carbocycles. The fourth-order valence-corrected chi connectivity index (χ4v) is 1.75. The third kappa shape index (κ3) is 5.79. The first kappa shape index (κ1) is 16.5. The molecule has 0 aliphatic heterocycles. The highest BCUT2D eigenvalue weighted by Gasteiger charge is 2.01. The average molecular weight is 315 g/mol. The Morgan fingerprint density at radius 1 is 1.13 bits per heavy atom. The number of nitrogens with one attached hydrogen (secondary N) is 1. The third-order valence-corrected chi connectivity index (χ3v) is 2.88. The van der Waals surface area contributed by atoms with Crippen molar-refractivity contribution in [1.29, 1.82) is 0 Å². The van der Waals surface area contributed by atoms with Gasteiger partial charge in [-0.15, -0.1) is 0 Å². The van der Waals surface area contributed by atoms with E-state index >= 15 is 0 Å². The van der Waals surface area contributed by atoms with Gasteiger partial charge in [-0.2, -0.15) is 0 Å². The minimum absolute atomic E-state index is 0.00310. The molecule has 5 heteroatoms. The van der Waals surface area contributed by atoms with E-state index in [1.165, 1.54) is 0 Å². The summed E-state index contributed by atoms with van der Waals surface area (Å²) in [6, 6.07) is 12.4. The van der Waals surface area contributed by atoms with Crippen LogP contribution in [-0.2, 0) is 11.3 Å². The first-order valence-corrected chi connectivity index (χ1v) is 7.03. The standard InChI is InChI=1S/C18H15F2NO2/c19-16-9-10-17(20)15(12-16)8-4-5-11-21-18(22)23-13-14-6-2-1-3-7-14/h1-3,6-7,9-10,12H,5,11,13H2,(H,21,22). The zero-order valence-corrected chi connectivity index (χ0v) is 12.3. The van der Waals surface area contributed by atoms with Gasteiger partial charge in [0, 0.05) is 13.0 Å². The van der Waals surface area contributed by atoms with E-state index in [0.29, 0.717) is 6.42 Å². The van der Waals surface area contributed by atoms with Gasteiger partial charge in [0.1, 0.15) is 18.2 Å². The monoisotopic (exact) mass is 315 g/mol. The summed E-state index contributed by atoms with van der Waals surface area (Å²) in [5.74, 6) is 4.08. The van der Waals surface area contributed by atoms with E-state index in [1.807, 2.05) is 30.3 Å². The van der Waals surface area contributed by atoms with E-state index in [9.17, 15) is 13.6 Å². The van der Waals surface area contributed by atoms with Crippen LogP contribution in [0.5, 0.6) is 0 Å². The van der Waals surface area contributed by atoms with Gasteiger partial charge in [0.2, 0.25) is 0 Å². The number of carbonyl (C=O) groups excluding carboxylic acids is 1. The van der Waals surface area contributed by atoms with Crippen molar-refractivity contribution in [2.24, 2.45) is 0 Å². The molecule has 0 bridgehead atoms. The van der Waals surface area contributed by atoms with Gasteiger partial charge < -0.3 is 10.1 Å². The second kappa shape index (κ2) is 8.54. The number of hydrogen-bond acceptors (Lipinski definition) is 2. The predicted molar refractivity (Wildman–Crippen MR) is 82.5 cm³/mol. The van der Waals surface area contributed by atoms with Crippen LogP contribution in [-0.4, -0.2) is 12.6 Å². The summed E-state index contributed by atoms with van der Waals surface area (Å²) >= 11 is 0. The highest BCUT2D eigenvalue weighted by atomic mass is 19.1. The van der Waals surface area contributed by atoms with E-state index in [2.05, 4.69) is 17.2 Å². The molecular weight excluding hydrogens is 300 g/mol. The molecule has 118 valence electrons. The van der Waals surface area contributed by atoms with Crippen LogP contribution in [0.25, 0.3) is 0 Å². The molecule has 0 unspecified atom stereocenters. The Hall–Kier alpha value is -2.87. The van der Waals surface area contributed by atoms with Gasteiger partial charge in [0.25, 0.3) is 0 Å². The van der Waals surface area contributed by atoms with Crippen LogP contribution in [0, 0.1) is 23.5 Å². The Morgan fingerprint density at radius 2 is 1.91 bits per heavy atom. The van der Waals surface area contributed by atoms with Crippen molar-refractivity contribution in [2.75, 3.05) is 6.54 Å². The molecule has 1 N–H and O–H groups in total. The SMILES string of the molecule is O=C(NCCC#Cc1cc(F)ccc1F)OCc1ccccc1. The van der Waals surface area contributed by atoms with Gasteiger partial charge in [-0.05, 0) is 23.8 Å². The minimum Gasteiger partial charge on any atom is -0.445 e. The Morgan fingerprint density at radius 3 is 2.70 bits per heavy atom. The van der Waals surface area contributed by atoms with Gasteiger partial charge in [0.05, 0.1) is 5.56 Å². The third-order valence-electron chi connectivity index (χ3n) is 2.88. The largest absolute Gasteiger partial charge is 0.445 e. The molecule has 1 amide bonds. The van der Waals surface area contributed by atoms with Crippen LogP contribution in [0.4, 0.5) is 13.6 Å². The van der Waals surface area contributed by atoms with Gasteiger partial charge in [-0.25, -0.2) is 13.6 Å². The van der Waals surface area contributed by atoms with Crippen LogP contribution in [0.15, 0.2) is 48.5 Å². The molecular formula is C18H15F2NO2. The Bertz CT molecular complexity index is 721. The quantitative estimate of drug-likeness (QED) is 0.691. The average Bonchev–Trinajstić information content (AvgIpc) is 2.56. The molecule has 0 fully saturated rings. The second-order valence-electron chi connectivity index (χ2n) is 4.66. The summed E-state index contributed by atoms with van der Waals surface area (Å²) in [4.78, 5) is 11.5. The Kier molecular flexibility index (Phi) is 6.13. The van der Waals surface area contributed by atoms with E-state index < -0.39 is 17.7 Å². The predicted octanol–water partition coefficient (Wildman–Crippen LogP) is 3.63. The van der Waals surface area contributed by atoms with Crippen LogP contribution in [0.1, 0.15) is 17.5 Å². The lowest BCUT2D eigenvalue weighted by Crippen LogP contribution is -2.24. The number of benzene rings is 2. The molecule has 2 aromatic rings. The van der Waals surface area contributed by atoms with Crippen molar-refractivity contribution in [2.45, 2.75) is 13.0 Å². The van der Waals surface area contributed by atoms with Crippen LogP contribution in [0.2, 0.25) is 0 Å². The fraction of sp³-hybridized carbons (Fsp3) is 0.167. The normalized spacial score (nSPS) is 9.65. The number of ether oxygens (including phenoxy) is 1. The molecule has 0 saturated heterocycles. The van der Waals surface area contributed by atoms with E-state index in [-0.39, 0.29) is 18.7 Å². The minimum atomic E-state index is -0.575. The number of amides is 1. The fourth-order valence-electron chi connectivity index (χ4n) is 1.75. The number of halogens is 2. The first-order chi connectivity index (χ1) is 11.1. The van der Waals surface area contributed by atoms with E-state index in [1.54, 1.807) is 0 Å². The Labute approximate surface area is 133 Å². The summed E-state index contributed by atoms with van der Waals surface area (Å²) in [7, 11) is 0. The summed E-state index contributed by atoms with van der Waals surface area (Å²) in [5.41, 5.74) is 0.890. The number of carbonyl (C=O) groups is 1. The van der Waals surface area contributed by atoms with Gasteiger partial charge in [-0.1, -0.05) is 42.2 Å². The maximum atomic E-state index is 13.3. The molecule has 23 heavy (non-hydrogen) atoms. The molecule has 0 aliphatic rings. The van der Waals surface area contributed by atoms with Gasteiger partial charge >= 0.3 is 6.09 Å². The smallest absolute Gasteiger partial charge is 0.407 e. The maximum Gasteiger partial charge on any atom is 0.407 e. The molecule has 0 radical (unpaired) electrons. The maximum absolute atomic E-state index is 13.3. The van der Waals surface area contributed by atoms with Crippen molar-refractivity contribution < 1.29 is 18.3 Å². The van der Waals surface area contributed by atoms with Crippen molar-refractivity contribution in [3.63, 3.8) is 0 Å². The molecule has 0 heterocycles. The topological polar surface area (TPSA) is 38.3 Å². The molecule has 2 aromatic carbocycles. The number of hydrogen-bond donors (Lipinski definition) is 1. The lowest BCUT2D eigenvalue weighted by Gasteiger charge is -2.05. The van der Waals surface area contributed by atoms with Crippen molar-refractivity contribution in [1.82, 2.24) is 5.32 Å². The van der Waals surface area contributed by atoms with Crippen molar-refractivity contribution in [3.8, 4) is 11.8 Å². The first-order valence-electron chi connectivity index (χ1n) is 7.03. The summed E-state index contributed by atoms with van der Waals surface area (Å²) in [6.07, 6.45) is -0.247. The molecule has 0 atom stereocenters. The molecule has 0 aliphatic carbocycles. The van der Waals surface area contributed by atoms with Crippen LogP contribution >= 0.6 is 0 Å². The molecule has 0 spiro atoms. The molecule has 0 aromatic heterocycles. The van der Waals surface area contributed by atoms with E-state index in [0.717, 1.165) is 23.8 Å². The zero-order chi connectivity index (χ0) is 16.5. The van der Waals surface area contributed by atoms with Crippen LogP contribution in [0.3, 0.4) is 0 Å². The van der Waals surface area contributed by atoms with E-state index in [4.69, 9.17) is 4.74 Å². The lowest BCUT2D eigenvalue weighted by molar-refractivity contribution is 0.140. The van der Waals surface area contributed by atoms with Crippen molar-refractivity contribution >= 4 is 6.09 Å². The number of alkyl carbamates (subject to hydrolysis) is 1. The molecule has 2 rings (SSSR count). The summed E-state index contributed by atoms with van der Waals surface area (Å²) < 4.78 is 31.3. The second-order valence-corrected chi connectivity index (χ2v) is 4.66. The van der Waals surface area contributed by atoms with Gasteiger partial charge in [0.15, 0.2) is 0 Å². The van der Waals surface area contributed by atoms with Gasteiger partial charge in [-0.3, -0.25) is 0 Å². The summed E-state index contributed by atoms with van der Waals surface area (Å²) in [5, 5.41) is 2.53. The Balaban J connectivity index is 1.70.